The van der Waals surface area contributed by atoms with Gasteiger partial charge >= 0.3 is 0 Å². The molecule has 1 aromatic rings. The summed E-state index contributed by atoms with van der Waals surface area (Å²) in [6.07, 6.45) is 1.89. The highest BCUT2D eigenvalue weighted by molar-refractivity contribution is 5.85. The van der Waals surface area contributed by atoms with Crippen LogP contribution in [0.15, 0.2) is 30.3 Å². The summed E-state index contributed by atoms with van der Waals surface area (Å²) in [5.74, 6) is 0.596. The number of likely N-dealkylation sites (tertiary alicyclic amines) is 1. The molecular weight excluding hydrogens is 220 g/mol. The molecule has 0 amide bonds. The summed E-state index contributed by atoms with van der Waals surface area (Å²) in [7, 11) is 0. The van der Waals surface area contributed by atoms with E-state index in [1.165, 1.54) is 12.0 Å². The molecule has 0 aromatic heterocycles. The topological polar surface area (TPSA) is 27.0 Å². The second kappa shape index (κ2) is 6.52. The van der Waals surface area contributed by atoms with E-state index in [0.717, 1.165) is 19.6 Å². The minimum absolute atomic E-state index is 0. The fraction of sp³-hybridized carbons (Fsp3) is 0.462. The molecule has 86 valence electrons. The average molecular weight is 237 g/mol. The van der Waals surface area contributed by atoms with Crippen LogP contribution in [0.1, 0.15) is 18.4 Å². The Hall–Kier alpha value is -1.04. The van der Waals surface area contributed by atoms with Crippen LogP contribution in [0.2, 0.25) is 0 Å². The molecule has 2 rings (SSSR count). The maximum atomic E-state index is 8.63. The zero-order chi connectivity index (χ0) is 10.5. The minimum Gasteiger partial charge on any atom is -0.299 e. The summed E-state index contributed by atoms with van der Waals surface area (Å²) in [4.78, 5) is 2.44. The van der Waals surface area contributed by atoms with Gasteiger partial charge in [0.05, 0.1) is 6.07 Å². The van der Waals surface area contributed by atoms with E-state index in [-0.39, 0.29) is 12.4 Å². The SMILES string of the molecule is Cl.N#CCC1CCN(Cc2ccccc2)C1. The van der Waals surface area contributed by atoms with E-state index < -0.39 is 0 Å². The van der Waals surface area contributed by atoms with Crippen LogP contribution in [0.5, 0.6) is 0 Å². The summed E-state index contributed by atoms with van der Waals surface area (Å²) in [5.41, 5.74) is 1.37. The highest BCUT2D eigenvalue weighted by Crippen LogP contribution is 2.20. The Labute approximate surface area is 103 Å². The first kappa shape index (κ1) is 13.0. The maximum Gasteiger partial charge on any atom is 0.0625 e. The summed E-state index contributed by atoms with van der Waals surface area (Å²) in [5, 5.41) is 8.63. The minimum atomic E-state index is 0. The highest BCUT2D eigenvalue weighted by Gasteiger charge is 2.21. The molecule has 1 atom stereocenters. The lowest BCUT2D eigenvalue weighted by Gasteiger charge is -2.15. The molecule has 0 spiro atoms. The van der Waals surface area contributed by atoms with E-state index in [4.69, 9.17) is 5.26 Å². The van der Waals surface area contributed by atoms with Crippen molar-refractivity contribution in [3.63, 3.8) is 0 Å². The van der Waals surface area contributed by atoms with Crippen LogP contribution in [-0.4, -0.2) is 18.0 Å². The Morgan fingerprint density at radius 2 is 2.06 bits per heavy atom. The molecule has 0 radical (unpaired) electrons. The standard InChI is InChI=1S/C13H16N2.ClH/c14-8-6-13-7-9-15(11-13)10-12-4-2-1-3-5-12;/h1-5,13H,6-7,9-11H2;1H. The van der Waals surface area contributed by atoms with Gasteiger partial charge < -0.3 is 0 Å². The number of hydrogen-bond acceptors (Lipinski definition) is 2. The monoisotopic (exact) mass is 236 g/mol. The third kappa shape index (κ3) is 3.52. The van der Waals surface area contributed by atoms with Gasteiger partial charge in [0.15, 0.2) is 0 Å². The van der Waals surface area contributed by atoms with Gasteiger partial charge in [-0.3, -0.25) is 4.90 Å². The molecule has 16 heavy (non-hydrogen) atoms. The lowest BCUT2D eigenvalue weighted by atomic mass is 10.1. The summed E-state index contributed by atoms with van der Waals surface area (Å²) in [6.45, 7) is 3.26. The Morgan fingerprint density at radius 3 is 2.75 bits per heavy atom. The third-order valence-electron chi connectivity index (χ3n) is 3.00. The second-order valence-electron chi connectivity index (χ2n) is 4.24. The van der Waals surface area contributed by atoms with Crippen molar-refractivity contribution in [2.75, 3.05) is 13.1 Å². The van der Waals surface area contributed by atoms with E-state index in [0.29, 0.717) is 12.3 Å². The summed E-state index contributed by atoms with van der Waals surface area (Å²) in [6, 6.07) is 12.8. The van der Waals surface area contributed by atoms with Crippen molar-refractivity contribution in [1.82, 2.24) is 4.90 Å². The van der Waals surface area contributed by atoms with Crippen molar-refractivity contribution >= 4 is 12.4 Å². The van der Waals surface area contributed by atoms with Gasteiger partial charge in [-0.15, -0.1) is 12.4 Å². The van der Waals surface area contributed by atoms with Gasteiger partial charge in [-0.2, -0.15) is 5.26 Å². The van der Waals surface area contributed by atoms with Gasteiger partial charge in [0, 0.05) is 19.5 Å². The predicted octanol–water partition coefficient (Wildman–Crippen LogP) is 2.84. The first-order chi connectivity index (χ1) is 7.38. The molecule has 1 aliphatic heterocycles. The number of nitriles is 1. The largest absolute Gasteiger partial charge is 0.299 e. The van der Waals surface area contributed by atoms with E-state index in [9.17, 15) is 0 Å². The summed E-state index contributed by atoms with van der Waals surface area (Å²) < 4.78 is 0. The Bertz CT molecular complexity index is 345. The molecule has 2 nitrogen and oxygen atoms in total. The number of halogens is 1. The summed E-state index contributed by atoms with van der Waals surface area (Å²) >= 11 is 0. The highest BCUT2D eigenvalue weighted by atomic mass is 35.5. The van der Waals surface area contributed by atoms with Gasteiger partial charge in [-0.25, -0.2) is 0 Å². The van der Waals surface area contributed by atoms with Crippen molar-refractivity contribution < 1.29 is 0 Å². The average Bonchev–Trinajstić information content (AvgIpc) is 2.68. The Morgan fingerprint density at radius 1 is 1.31 bits per heavy atom. The predicted molar refractivity (Wildman–Crippen MR) is 67.3 cm³/mol. The van der Waals surface area contributed by atoms with Crippen LogP contribution < -0.4 is 0 Å². The zero-order valence-corrected chi connectivity index (χ0v) is 10.1. The molecule has 0 N–H and O–H groups in total. The number of benzene rings is 1. The molecular formula is C13H17ClN2. The quantitative estimate of drug-likeness (QED) is 0.807. The number of hydrogen-bond donors (Lipinski definition) is 0. The van der Waals surface area contributed by atoms with Crippen molar-refractivity contribution in [2.45, 2.75) is 19.4 Å². The van der Waals surface area contributed by atoms with Gasteiger partial charge in [-0.1, -0.05) is 30.3 Å². The van der Waals surface area contributed by atoms with Crippen LogP contribution >= 0.6 is 12.4 Å². The molecule has 0 saturated carbocycles. The lowest BCUT2D eigenvalue weighted by Crippen LogP contribution is -2.19. The van der Waals surface area contributed by atoms with E-state index >= 15 is 0 Å². The molecule has 1 fully saturated rings. The van der Waals surface area contributed by atoms with Crippen LogP contribution in [0.25, 0.3) is 0 Å². The number of nitrogens with zero attached hydrogens (tertiary/aromatic N) is 2. The van der Waals surface area contributed by atoms with Gasteiger partial charge in [0.1, 0.15) is 0 Å². The Balaban J connectivity index is 0.00000128. The molecule has 0 bridgehead atoms. The number of rotatable bonds is 3. The van der Waals surface area contributed by atoms with Crippen molar-refractivity contribution in [2.24, 2.45) is 5.92 Å². The van der Waals surface area contributed by atoms with Crippen LogP contribution in [0.4, 0.5) is 0 Å². The first-order valence-electron chi connectivity index (χ1n) is 5.51. The Kier molecular flexibility index (Phi) is 5.31. The fourth-order valence-electron chi connectivity index (χ4n) is 2.19. The van der Waals surface area contributed by atoms with E-state index in [2.05, 4.69) is 35.2 Å². The van der Waals surface area contributed by atoms with Gasteiger partial charge in [-0.05, 0) is 24.4 Å². The van der Waals surface area contributed by atoms with Crippen LogP contribution in [0.3, 0.4) is 0 Å². The van der Waals surface area contributed by atoms with Gasteiger partial charge in [0.2, 0.25) is 0 Å². The smallest absolute Gasteiger partial charge is 0.0625 e. The normalized spacial score (nSPS) is 20.1. The third-order valence-corrected chi connectivity index (χ3v) is 3.00. The molecule has 1 aromatic carbocycles. The van der Waals surface area contributed by atoms with E-state index in [1.54, 1.807) is 0 Å². The zero-order valence-electron chi connectivity index (χ0n) is 9.30. The van der Waals surface area contributed by atoms with Crippen molar-refractivity contribution in [3.05, 3.63) is 35.9 Å². The van der Waals surface area contributed by atoms with Crippen molar-refractivity contribution in [1.29, 1.82) is 5.26 Å². The second-order valence-corrected chi connectivity index (χ2v) is 4.24. The van der Waals surface area contributed by atoms with Gasteiger partial charge in [0.25, 0.3) is 0 Å². The fourth-order valence-corrected chi connectivity index (χ4v) is 2.19. The molecule has 1 aliphatic rings. The lowest BCUT2D eigenvalue weighted by molar-refractivity contribution is 0.317. The molecule has 0 aliphatic carbocycles. The van der Waals surface area contributed by atoms with Crippen LogP contribution in [-0.2, 0) is 6.54 Å². The molecule has 3 heteroatoms. The van der Waals surface area contributed by atoms with Crippen molar-refractivity contribution in [3.8, 4) is 6.07 Å². The first-order valence-corrected chi connectivity index (χ1v) is 5.51. The molecule has 1 heterocycles. The maximum absolute atomic E-state index is 8.63. The molecule has 1 saturated heterocycles. The van der Waals surface area contributed by atoms with Crippen LogP contribution in [0, 0.1) is 17.2 Å². The van der Waals surface area contributed by atoms with E-state index in [1.807, 2.05) is 6.07 Å². The molecule has 1 unspecified atom stereocenters.